The van der Waals surface area contributed by atoms with Gasteiger partial charge in [0, 0.05) is 6.42 Å². The average molecular weight is 598 g/mol. The van der Waals surface area contributed by atoms with E-state index in [0.29, 0.717) is 17.3 Å². The Balaban J connectivity index is 1.21. The highest BCUT2D eigenvalue weighted by atomic mass is 79.9. The Morgan fingerprint density at radius 3 is 2.51 bits per heavy atom. The highest BCUT2D eigenvalue weighted by Crippen LogP contribution is 2.67. The maximum Gasteiger partial charge on any atom is 0.320 e. The molecule has 1 aromatic rings. The van der Waals surface area contributed by atoms with Crippen LogP contribution in [0.5, 0.6) is 0 Å². The van der Waals surface area contributed by atoms with E-state index in [1.165, 1.54) is 57.8 Å². The third kappa shape index (κ3) is 5.96. The number of hydrogen-bond donors (Lipinski definition) is 0. The zero-order valence-electron chi connectivity index (χ0n) is 25.3. The van der Waals surface area contributed by atoms with Crippen molar-refractivity contribution in [2.45, 2.75) is 123 Å². The van der Waals surface area contributed by atoms with Crippen LogP contribution in [-0.2, 0) is 16.0 Å². The number of allylic oxidation sites excluding steroid dienone is 1. The van der Waals surface area contributed by atoms with Crippen LogP contribution in [-0.4, -0.2) is 16.9 Å². The molecule has 4 aliphatic carbocycles. The Kier molecular flexibility index (Phi) is 9.07. The fourth-order valence-electron chi connectivity index (χ4n) is 9.90. The van der Waals surface area contributed by atoms with Gasteiger partial charge in [-0.2, -0.15) is 0 Å². The normalized spacial score (nSPS) is 37.3. The molecule has 39 heavy (non-hydrogen) atoms. The van der Waals surface area contributed by atoms with Gasteiger partial charge in [-0.15, -0.1) is 0 Å². The summed E-state index contributed by atoms with van der Waals surface area (Å²) in [5.74, 6) is 5.06. The van der Waals surface area contributed by atoms with Crippen LogP contribution in [0.2, 0.25) is 0 Å². The molecule has 0 radical (unpaired) electrons. The van der Waals surface area contributed by atoms with Crippen molar-refractivity contribution in [2.24, 2.45) is 46.3 Å². The van der Waals surface area contributed by atoms with E-state index < -0.39 is 0 Å². The summed E-state index contributed by atoms with van der Waals surface area (Å²) < 4.78 is 6.10. The average Bonchev–Trinajstić information content (AvgIpc) is 3.26. The second-order valence-electron chi connectivity index (χ2n) is 14.7. The molecule has 1 aromatic carbocycles. The highest BCUT2D eigenvalue weighted by Gasteiger charge is 2.59. The Bertz CT molecular complexity index is 1020. The van der Waals surface area contributed by atoms with E-state index in [1.54, 1.807) is 5.57 Å². The van der Waals surface area contributed by atoms with Crippen LogP contribution in [0.4, 0.5) is 0 Å². The third-order valence-electron chi connectivity index (χ3n) is 12.1. The van der Waals surface area contributed by atoms with Crippen LogP contribution in [0.15, 0.2) is 42.0 Å². The van der Waals surface area contributed by atoms with E-state index in [-0.39, 0.29) is 16.9 Å². The van der Waals surface area contributed by atoms with Crippen molar-refractivity contribution in [3.05, 3.63) is 47.5 Å². The molecule has 9 atom stereocenters. The molecule has 0 unspecified atom stereocenters. The van der Waals surface area contributed by atoms with Gasteiger partial charge in [0.2, 0.25) is 0 Å². The monoisotopic (exact) mass is 596 g/mol. The fraction of sp³-hybridized carbons (Fsp3) is 0.750. The lowest BCUT2D eigenvalue weighted by molar-refractivity contribution is -0.150. The summed E-state index contributed by atoms with van der Waals surface area (Å²) in [5.41, 5.74) is 3.60. The molecular weight excluding hydrogens is 544 g/mol. The number of benzene rings is 1. The number of carbonyl (C=O) groups excluding carboxylic acids is 1. The predicted molar refractivity (Wildman–Crippen MR) is 166 cm³/mol. The van der Waals surface area contributed by atoms with Gasteiger partial charge in [0.15, 0.2) is 0 Å². The van der Waals surface area contributed by atoms with Crippen LogP contribution in [0, 0.1) is 46.3 Å². The van der Waals surface area contributed by atoms with Crippen molar-refractivity contribution in [1.29, 1.82) is 0 Å². The van der Waals surface area contributed by atoms with Crippen molar-refractivity contribution in [2.75, 3.05) is 0 Å². The van der Waals surface area contributed by atoms with Crippen molar-refractivity contribution < 1.29 is 9.53 Å². The number of rotatable bonds is 9. The second-order valence-corrected chi connectivity index (χ2v) is 15.9. The molecule has 0 aliphatic heterocycles. The largest absolute Gasteiger partial charge is 0.461 e. The minimum Gasteiger partial charge on any atom is -0.461 e. The van der Waals surface area contributed by atoms with Crippen LogP contribution in [0.1, 0.15) is 111 Å². The molecule has 0 amide bonds. The van der Waals surface area contributed by atoms with Gasteiger partial charge in [-0.3, -0.25) is 4.79 Å². The SMILES string of the molecule is CC(C)CCC[C@@H](C)[C@H]1CC[C@H]2[C@@H]3CC=C4C[C@@H](OC(=O)[C@@H](Br)Cc5ccccc5)CC[C@]4(C)[C@H]3CC[C@]12C. The van der Waals surface area contributed by atoms with Crippen LogP contribution < -0.4 is 0 Å². The van der Waals surface area contributed by atoms with Crippen LogP contribution in [0.25, 0.3) is 0 Å². The van der Waals surface area contributed by atoms with Crippen molar-refractivity contribution in [3.8, 4) is 0 Å². The number of halogens is 1. The first-order valence-corrected chi connectivity index (χ1v) is 17.1. The molecule has 3 heteroatoms. The topological polar surface area (TPSA) is 26.3 Å². The molecule has 5 rings (SSSR count). The number of esters is 1. The van der Waals surface area contributed by atoms with E-state index in [1.807, 2.05) is 18.2 Å². The second kappa shape index (κ2) is 12.0. The number of carbonyl (C=O) groups is 1. The molecule has 0 spiro atoms. The van der Waals surface area contributed by atoms with Gasteiger partial charge in [-0.05, 0) is 103 Å². The predicted octanol–water partition coefficient (Wildman–Crippen LogP) is 9.95. The summed E-state index contributed by atoms with van der Waals surface area (Å²) in [6.07, 6.45) is 17.6. The van der Waals surface area contributed by atoms with Crippen molar-refractivity contribution in [3.63, 3.8) is 0 Å². The molecule has 3 saturated carbocycles. The first-order valence-electron chi connectivity index (χ1n) is 16.2. The maximum atomic E-state index is 12.9. The molecule has 2 nitrogen and oxygen atoms in total. The Morgan fingerprint density at radius 2 is 1.77 bits per heavy atom. The van der Waals surface area contributed by atoms with Gasteiger partial charge in [0.05, 0.1) is 0 Å². The van der Waals surface area contributed by atoms with E-state index in [4.69, 9.17) is 4.74 Å². The number of hydrogen-bond acceptors (Lipinski definition) is 2. The molecule has 0 heterocycles. The van der Waals surface area contributed by atoms with Gasteiger partial charge < -0.3 is 4.74 Å². The van der Waals surface area contributed by atoms with Crippen molar-refractivity contribution >= 4 is 21.9 Å². The third-order valence-corrected chi connectivity index (χ3v) is 12.8. The molecule has 0 bridgehead atoms. The lowest BCUT2D eigenvalue weighted by Gasteiger charge is -2.58. The summed E-state index contributed by atoms with van der Waals surface area (Å²) in [6.45, 7) is 12.6. The van der Waals surface area contributed by atoms with E-state index >= 15 is 0 Å². The minimum absolute atomic E-state index is 0.0283. The first-order chi connectivity index (χ1) is 18.6. The van der Waals surface area contributed by atoms with Crippen LogP contribution in [0.3, 0.4) is 0 Å². The van der Waals surface area contributed by atoms with Crippen molar-refractivity contribution in [1.82, 2.24) is 0 Å². The Hall–Kier alpha value is -1.09. The lowest BCUT2D eigenvalue weighted by Crippen LogP contribution is -2.51. The molecule has 0 aromatic heterocycles. The zero-order valence-corrected chi connectivity index (χ0v) is 26.8. The molecule has 4 aliphatic rings. The number of alkyl halides is 1. The summed E-state index contributed by atoms with van der Waals surface area (Å²) in [4.78, 5) is 12.7. The smallest absolute Gasteiger partial charge is 0.320 e. The van der Waals surface area contributed by atoms with Gasteiger partial charge in [0.1, 0.15) is 10.9 Å². The number of ether oxygens (including phenoxy) is 1. The summed E-state index contributed by atoms with van der Waals surface area (Å²) in [7, 11) is 0. The highest BCUT2D eigenvalue weighted by molar-refractivity contribution is 9.10. The summed E-state index contributed by atoms with van der Waals surface area (Å²) in [6, 6.07) is 10.2. The standard InChI is InChI=1S/C36H53BrO2/c1-24(2)10-9-11-25(3)30-16-17-31-29-15-14-27-23-28(18-20-35(27,4)32(29)19-21-36(30,31)5)39-34(38)33(37)22-26-12-7-6-8-13-26/h6-8,12-14,24-25,28-33H,9-11,15-23H2,1-5H3/t25-,28+,29+,30-,31+,32+,33+,35+,36-/m1/s1. The molecule has 0 N–H and O–H groups in total. The fourth-order valence-corrected chi connectivity index (χ4v) is 10.4. The lowest BCUT2D eigenvalue weighted by atomic mass is 9.47. The molecule has 216 valence electrons. The quantitative estimate of drug-likeness (QED) is 0.161. The Labute approximate surface area is 247 Å². The zero-order chi connectivity index (χ0) is 27.8. The van der Waals surface area contributed by atoms with Crippen LogP contribution >= 0.6 is 15.9 Å². The van der Waals surface area contributed by atoms with Gasteiger partial charge in [-0.25, -0.2) is 0 Å². The van der Waals surface area contributed by atoms with Gasteiger partial charge >= 0.3 is 5.97 Å². The number of fused-ring (bicyclic) bond motifs is 5. The van der Waals surface area contributed by atoms with E-state index in [9.17, 15) is 4.79 Å². The Morgan fingerprint density at radius 1 is 1.00 bits per heavy atom. The maximum absolute atomic E-state index is 12.9. The molecule has 3 fully saturated rings. The van der Waals surface area contributed by atoms with E-state index in [0.717, 1.165) is 53.9 Å². The minimum atomic E-state index is -0.281. The molecule has 0 saturated heterocycles. The van der Waals surface area contributed by atoms with E-state index in [2.05, 4.69) is 68.8 Å². The van der Waals surface area contributed by atoms with Gasteiger partial charge in [-0.1, -0.05) is 112 Å². The first kappa shape index (κ1) is 29.4. The molecular formula is C36H53BrO2. The summed E-state index contributed by atoms with van der Waals surface area (Å²) in [5, 5.41) is 0. The van der Waals surface area contributed by atoms with Gasteiger partial charge in [0.25, 0.3) is 0 Å². The summed E-state index contributed by atoms with van der Waals surface area (Å²) >= 11 is 3.61.